The van der Waals surface area contributed by atoms with E-state index in [9.17, 15) is 5.11 Å². The van der Waals surface area contributed by atoms with Gasteiger partial charge in [0.15, 0.2) is 0 Å². The van der Waals surface area contributed by atoms with Crippen LogP contribution in [0.3, 0.4) is 0 Å². The van der Waals surface area contributed by atoms with E-state index in [1.807, 2.05) is 25.1 Å². The Kier molecular flexibility index (Phi) is 2.70. The number of phenols is 1. The number of hydrogen-bond donors (Lipinski definition) is 3. The second-order valence-corrected chi connectivity index (χ2v) is 3.77. The van der Waals surface area contributed by atoms with Gasteiger partial charge in [0, 0.05) is 31.2 Å². The number of aryl methyl sites for hydroxylation is 1. The lowest BCUT2D eigenvalue weighted by Gasteiger charge is -2.25. The van der Waals surface area contributed by atoms with Gasteiger partial charge in [0.25, 0.3) is 0 Å². The first-order valence-electron chi connectivity index (χ1n) is 5.01. The third-order valence-corrected chi connectivity index (χ3v) is 2.60. The van der Waals surface area contributed by atoms with Crippen molar-refractivity contribution in [3.8, 4) is 5.75 Å². The molecule has 3 nitrogen and oxygen atoms in total. The first-order valence-corrected chi connectivity index (χ1v) is 5.01. The molecule has 2 rings (SSSR count). The van der Waals surface area contributed by atoms with Gasteiger partial charge in [-0.05, 0) is 18.6 Å². The van der Waals surface area contributed by atoms with Gasteiger partial charge in [-0.1, -0.05) is 12.1 Å². The van der Waals surface area contributed by atoms with Crippen LogP contribution in [0, 0.1) is 6.92 Å². The molecule has 14 heavy (non-hydrogen) atoms. The fourth-order valence-corrected chi connectivity index (χ4v) is 1.82. The van der Waals surface area contributed by atoms with E-state index >= 15 is 0 Å². The quantitative estimate of drug-likeness (QED) is 0.620. The fourth-order valence-electron chi connectivity index (χ4n) is 1.82. The molecule has 1 aromatic carbocycles. The summed E-state index contributed by atoms with van der Waals surface area (Å²) in [5.74, 6) is 0.395. The Balaban J connectivity index is 2.22. The minimum atomic E-state index is 0.240. The number of hydrogen-bond acceptors (Lipinski definition) is 3. The van der Waals surface area contributed by atoms with Crippen LogP contribution in [0.5, 0.6) is 5.75 Å². The van der Waals surface area contributed by atoms with Gasteiger partial charge < -0.3 is 15.7 Å². The summed E-state index contributed by atoms with van der Waals surface area (Å²) in [6.45, 7) is 4.83. The number of benzene rings is 1. The van der Waals surface area contributed by atoms with Crippen LogP contribution in [-0.4, -0.2) is 24.7 Å². The van der Waals surface area contributed by atoms with Gasteiger partial charge in [0.2, 0.25) is 0 Å². The van der Waals surface area contributed by atoms with Crippen molar-refractivity contribution in [3.63, 3.8) is 0 Å². The first-order chi connectivity index (χ1) is 6.77. The van der Waals surface area contributed by atoms with E-state index < -0.39 is 0 Å². The summed E-state index contributed by atoms with van der Waals surface area (Å²) in [5, 5.41) is 16.5. The summed E-state index contributed by atoms with van der Waals surface area (Å²) >= 11 is 0. The summed E-state index contributed by atoms with van der Waals surface area (Å²) < 4.78 is 0. The minimum absolute atomic E-state index is 0.240. The highest BCUT2D eigenvalue weighted by Crippen LogP contribution is 2.25. The molecule has 0 amide bonds. The zero-order chi connectivity index (χ0) is 9.97. The van der Waals surface area contributed by atoms with Crippen molar-refractivity contribution in [2.24, 2.45) is 0 Å². The number of rotatable bonds is 1. The van der Waals surface area contributed by atoms with Gasteiger partial charge in [-0.25, -0.2) is 0 Å². The number of phenolic OH excluding ortho intramolecular Hbond substituents is 1. The van der Waals surface area contributed by atoms with Gasteiger partial charge >= 0.3 is 0 Å². The molecule has 0 saturated carbocycles. The van der Waals surface area contributed by atoms with Gasteiger partial charge in [-0.3, -0.25) is 0 Å². The minimum Gasteiger partial charge on any atom is -0.508 e. The van der Waals surface area contributed by atoms with Crippen LogP contribution in [0.2, 0.25) is 0 Å². The maximum atomic E-state index is 9.78. The summed E-state index contributed by atoms with van der Waals surface area (Å²) in [6, 6.07) is 6.08. The van der Waals surface area contributed by atoms with Crippen LogP contribution >= 0.6 is 0 Å². The lowest BCUT2D eigenvalue weighted by Crippen LogP contribution is -2.42. The number of piperazine rings is 1. The Morgan fingerprint density at radius 1 is 1.36 bits per heavy atom. The smallest absolute Gasteiger partial charge is 0.120 e. The molecular weight excluding hydrogens is 176 g/mol. The third-order valence-electron chi connectivity index (χ3n) is 2.60. The van der Waals surface area contributed by atoms with Crippen LogP contribution in [0.25, 0.3) is 0 Å². The molecule has 1 heterocycles. The summed E-state index contributed by atoms with van der Waals surface area (Å²) in [6.07, 6.45) is 0. The molecule has 0 aliphatic carbocycles. The molecule has 1 aromatic rings. The van der Waals surface area contributed by atoms with Crippen molar-refractivity contribution in [1.29, 1.82) is 0 Å². The molecule has 1 fully saturated rings. The Bertz CT molecular complexity index is 319. The molecule has 1 saturated heterocycles. The van der Waals surface area contributed by atoms with E-state index in [1.54, 1.807) is 0 Å². The van der Waals surface area contributed by atoms with Crippen molar-refractivity contribution in [3.05, 3.63) is 29.3 Å². The van der Waals surface area contributed by atoms with Crippen LogP contribution in [0.4, 0.5) is 0 Å². The van der Waals surface area contributed by atoms with Crippen molar-refractivity contribution < 1.29 is 5.11 Å². The summed E-state index contributed by atoms with van der Waals surface area (Å²) in [7, 11) is 0. The van der Waals surface area contributed by atoms with Gasteiger partial charge in [0.1, 0.15) is 5.75 Å². The largest absolute Gasteiger partial charge is 0.508 e. The van der Waals surface area contributed by atoms with Crippen LogP contribution in [-0.2, 0) is 0 Å². The Labute approximate surface area is 84.1 Å². The van der Waals surface area contributed by atoms with Crippen molar-refractivity contribution >= 4 is 0 Å². The zero-order valence-corrected chi connectivity index (χ0v) is 8.38. The van der Waals surface area contributed by atoms with Gasteiger partial charge in [0.05, 0.1) is 0 Å². The van der Waals surface area contributed by atoms with E-state index in [2.05, 4.69) is 10.6 Å². The standard InChI is InChI=1S/C11H16N2O/c1-8-2-3-9(11(14)6-8)10-7-12-4-5-13-10/h2-3,6,10,12-14H,4-5,7H2,1H3/t10-/m1/s1. The highest BCUT2D eigenvalue weighted by molar-refractivity contribution is 5.38. The van der Waals surface area contributed by atoms with E-state index in [-0.39, 0.29) is 6.04 Å². The molecule has 0 aromatic heterocycles. The highest BCUT2D eigenvalue weighted by atomic mass is 16.3. The van der Waals surface area contributed by atoms with Crippen LogP contribution in [0.1, 0.15) is 17.2 Å². The topological polar surface area (TPSA) is 44.3 Å². The highest BCUT2D eigenvalue weighted by Gasteiger charge is 2.16. The average Bonchev–Trinajstić information content (AvgIpc) is 2.19. The Morgan fingerprint density at radius 2 is 2.21 bits per heavy atom. The van der Waals surface area contributed by atoms with Crippen molar-refractivity contribution in [1.82, 2.24) is 10.6 Å². The van der Waals surface area contributed by atoms with E-state index in [1.165, 1.54) is 0 Å². The van der Waals surface area contributed by atoms with E-state index in [4.69, 9.17) is 0 Å². The molecule has 0 spiro atoms. The zero-order valence-electron chi connectivity index (χ0n) is 8.38. The summed E-state index contributed by atoms with van der Waals surface area (Å²) in [5.41, 5.74) is 2.08. The van der Waals surface area contributed by atoms with Crippen LogP contribution < -0.4 is 10.6 Å². The molecule has 76 valence electrons. The lowest BCUT2D eigenvalue weighted by molar-refractivity contribution is 0.404. The predicted molar refractivity (Wildman–Crippen MR) is 56.5 cm³/mol. The van der Waals surface area contributed by atoms with Gasteiger partial charge in [-0.15, -0.1) is 0 Å². The van der Waals surface area contributed by atoms with Crippen LogP contribution in [0.15, 0.2) is 18.2 Å². The monoisotopic (exact) mass is 192 g/mol. The molecule has 0 unspecified atom stereocenters. The first kappa shape index (κ1) is 9.49. The van der Waals surface area contributed by atoms with Crippen molar-refractivity contribution in [2.75, 3.05) is 19.6 Å². The SMILES string of the molecule is Cc1ccc([C@H]2CNCCN2)c(O)c1. The normalized spacial score (nSPS) is 22.2. The second kappa shape index (κ2) is 3.98. The van der Waals surface area contributed by atoms with E-state index in [0.29, 0.717) is 5.75 Å². The molecule has 0 radical (unpaired) electrons. The molecular formula is C11H16N2O. The molecule has 3 N–H and O–H groups in total. The number of aromatic hydroxyl groups is 1. The fraction of sp³-hybridized carbons (Fsp3) is 0.455. The average molecular weight is 192 g/mol. The lowest BCUT2D eigenvalue weighted by atomic mass is 10.0. The number of nitrogens with one attached hydrogen (secondary N) is 2. The molecule has 3 heteroatoms. The molecule has 1 atom stereocenters. The predicted octanol–water partition coefficient (Wildman–Crippen LogP) is 0.935. The Hall–Kier alpha value is -1.06. The second-order valence-electron chi connectivity index (χ2n) is 3.77. The van der Waals surface area contributed by atoms with E-state index in [0.717, 1.165) is 30.8 Å². The van der Waals surface area contributed by atoms with Crippen molar-refractivity contribution in [2.45, 2.75) is 13.0 Å². The molecule has 0 bridgehead atoms. The summed E-state index contributed by atoms with van der Waals surface area (Å²) in [4.78, 5) is 0. The molecule has 1 aliphatic rings. The maximum Gasteiger partial charge on any atom is 0.120 e. The maximum absolute atomic E-state index is 9.78. The third kappa shape index (κ3) is 1.89. The Morgan fingerprint density at radius 3 is 2.86 bits per heavy atom. The van der Waals surface area contributed by atoms with Gasteiger partial charge in [-0.2, -0.15) is 0 Å². The molecule has 1 aliphatic heterocycles.